The molecule has 2 heterocycles. The largest absolute Gasteiger partial charge is 0.354 e. The summed E-state index contributed by atoms with van der Waals surface area (Å²) in [6.45, 7) is 0. The second kappa shape index (κ2) is 5.33. The van der Waals surface area contributed by atoms with Crippen molar-refractivity contribution < 1.29 is 0 Å². The quantitative estimate of drug-likeness (QED) is 0.407. The van der Waals surface area contributed by atoms with E-state index in [0.29, 0.717) is 0 Å². The summed E-state index contributed by atoms with van der Waals surface area (Å²) < 4.78 is 2.82. The zero-order chi connectivity index (χ0) is 17.1. The van der Waals surface area contributed by atoms with Gasteiger partial charge in [-0.2, -0.15) is 0 Å². The molecule has 0 fully saturated rings. The highest BCUT2D eigenvalue weighted by atomic mass is 32.1. The maximum atomic E-state index is 3.64. The summed E-state index contributed by atoms with van der Waals surface area (Å²) in [6, 6.07) is 22.1. The fraction of sp³-hybridized carbons (Fsp3) is 0.0833. The number of H-pyrrole nitrogens is 1. The zero-order valence-electron chi connectivity index (χ0n) is 14.3. The normalized spacial score (nSPS) is 13.7. The van der Waals surface area contributed by atoms with Gasteiger partial charge in [-0.1, -0.05) is 54.6 Å². The SMILES string of the molecule is C1=c2sc3ccc(-c4cccc5c4[nH]c4ccccc45)cc3c2=CCC1. The van der Waals surface area contributed by atoms with Crippen LogP contribution >= 0.6 is 11.3 Å². The summed E-state index contributed by atoms with van der Waals surface area (Å²) >= 11 is 1.92. The van der Waals surface area contributed by atoms with E-state index in [4.69, 9.17) is 0 Å². The Morgan fingerprint density at radius 3 is 2.65 bits per heavy atom. The Balaban J connectivity index is 1.68. The molecule has 124 valence electrons. The third-order valence-electron chi connectivity index (χ3n) is 5.45. The summed E-state index contributed by atoms with van der Waals surface area (Å²) in [6.07, 6.45) is 7.11. The topological polar surface area (TPSA) is 15.8 Å². The van der Waals surface area contributed by atoms with Gasteiger partial charge in [0.05, 0.1) is 5.52 Å². The van der Waals surface area contributed by atoms with Crippen LogP contribution in [0.15, 0.2) is 60.7 Å². The predicted octanol–water partition coefficient (Wildman–Crippen LogP) is 5.56. The highest BCUT2D eigenvalue weighted by Crippen LogP contribution is 2.34. The van der Waals surface area contributed by atoms with Crippen molar-refractivity contribution in [1.29, 1.82) is 0 Å². The molecule has 2 heteroatoms. The lowest BCUT2D eigenvalue weighted by Crippen LogP contribution is -2.20. The molecule has 0 radical (unpaired) electrons. The first kappa shape index (κ1) is 14.3. The van der Waals surface area contributed by atoms with Crippen molar-refractivity contribution >= 4 is 55.4 Å². The number of nitrogens with one attached hydrogen (secondary N) is 1. The molecule has 6 rings (SSSR count). The van der Waals surface area contributed by atoms with Gasteiger partial charge in [0, 0.05) is 36.5 Å². The van der Waals surface area contributed by atoms with E-state index in [2.05, 4.69) is 77.8 Å². The van der Waals surface area contributed by atoms with Gasteiger partial charge >= 0.3 is 0 Å². The first-order valence-electron chi connectivity index (χ1n) is 9.11. The Morgan fingerprint density at radius 1 is 0.769 bits per heavy atom. The van der Waals surface area contributed by atoms with Crippen LogP contribution in [0.3, 0.4) is 0 Å². The van der Waals surface area contributed by atoms with E-state index in [-0.39, 0.29) is 0 Å². The number of aromatic nitrogens is 1. The van der Waals surface area contributed by atoms with Gasteiger partial charge in [-0.05, 0) is 41.8 Å². The van der Waals surface area contributed by atoms with Crippen LogP contribution in [0.25, 0.3) is 55.2 Å². The second-order valence-corrected chi connectivity index (χ2v) is 8.06. The predicted molar refractivity (Wildman–Crippen MR) is 114 cm³/mol. The van der Waals surface area contributed by atoms with Crippen molar-refractivity contribution in [1.82, 2.24) is 4.98 Å². The summed E-state index contributed by atoms with van der Waals surface area (Å²) in [5.41, 5.74) is 4.99. The number of rotatable bonds is 1. The second-order valence-electron chi connectivity index (χ2n) is 6.98. The molecule has 0 aliphatic heterocycles. The molecule has 1 nitrogen and oxygen atoms in total. The van der Waals surface area contributed by atoms with Gasteiger partial charge in [0.15, 0.2) is 0 Å². The average molecular weight is 351 g/mol. The Morgan fingerprint density at radius 2 is 1.65 bits per heavy atom. The van der Waals surface area contributed by atoms with Gasteiger partial charge in [-0.25, -0.2) is 0 Å². The standard InChI is InChI=1S/C24H17NS/c1-3-10-21-17(6-1)19-9-5-8-16(24(19)25-21)15-12-13-23-20(14-15)18-7-2-4-11-22(18)26-23/h1,3,5-14,25H,2,4H2. The number of aromatic amines is 1. The lowest BCUT2D eigenvalue weighted by Gasteiger charge is -2.05. The molecule has 5 aromatic rings. The fourth-order valence-corrected chi connectivity index (χ4v) is 5.38. The third kappa shape index (κ3) is 1.96. The Bertz CT molecular complexity index is 1430. The van der Waals surface area contributed by atoms with Gasteiger partial charge in [-0.15, -0.1) is 11.3 Å². The van der Waals surface area contributed by atoms with Crippen LogP contribution in [0.1, 0.15) is 12.8 Å². The molecular weight excluding hydrogens is 334 g/mol. The van der Waals surface area contributed by atoms with Gasteiger partial charge in [0.1, 0.15) is 0 Å². The van der Waals surface area contributed by atoms with E-state index in [1.807, 2.05) is 11.3 Å². The van der Waals surface area contributed by atoms with E-state index in [1.54, 1.807) is 0 Å². The Hall–Kier alpha value is -2.84. The van der Waals surface area contributed by atoms with Crippen LogP contribution in [-0.4, -0.2) is 4.98 Å². The van der Waals surface area contributed by atoms with Crippen molar-refractivity contribution in [2.45, 2.75) is 12.8 Å². The first-order chi connectivity index (χ1) is 12.9. The zero-order valence-corrected chi connectivity index (χ0v) is 15.1. The molecule has 2 aromatic heterocycles. The maximum Gasteiger partial charge on any atom is 0.0544 e. The first-order valence-corrected chi connectivity index (χ1v) is 9.93. The molecule has 0 amide bonds. The maximum absolute atomic E-state index is 3.64. The van der Waals surface area contributed by atoms with E-state index < -0.39 is 0 Å². The monoisotopic (exact) mass is 351 g/mol. The molecule has 1 aliphatic rings. The molecule has 3 aromatic carbocycles. The van der Waals surface area contributed by atoms with Crippen LogP contribution in [0.2, 0.25) is 0 Å². The molecular formula is C24H17NS. The van der Waals surface area contributed by atoms with Gasteiger partial charge in [0.2, 0.25) is 0 Å². The van der Waals surface area contributed by atoms with Crippen molar-refractivity contribution in [3.63, 3.8) is 0 Å². The van der Waals surface area contributed by atoms with Crippen LogP contribution in [-0.2, 0) is 0 Å². The molecule has 1 aliphatic carbocycles. The van der Waals surface area contributed by atoms with E-state index in [9.17, 15) is 0 Å². The lowest BCUT2D eigenvalue weighted by molar-refractivity contribution is 1.13. The molecule has 0 bridgehead atoms. The smallest absolute Gasteiger partial charge is 0.0544 e. The number of hydrogen-bond acceptors (Lipinski definition) is 1. The van der Waals surface area contributed by atoms with Gasteiger partial charge in [-0.3, -0.25) is 0 Å². The minimum absolute atomic E-state index is 1.15. The van der Waals surface area contributed by atoms with Crippen LogP contribution in [0.4, 0.5) is 0 Å². The number of para-hydroxylation sites is 2. The molecule has 1 N–H and O–H groups in total. The van der Waals surface area contributed by atoms with Crippen LogP contribution in [0, 0.1) is 0 Å². The average Bonchev–Trinajstić information content (AvgIpc) is 3.25. The third-order valence-corrected chi connectivity index (χ3v) is 6.63. The molecule has 0 saturated carbocycles. The van der Waals surface area contributed by atoms with Crippen molar-refractivity contribution in [2.24, 2.45) is 0 Å². The molecule has 0 spiro atoms. The van der Waals surface area contributed by atoms with Gasteiger partial charge < -0.3 is 4.98 Å². The fourth-order valence-electron chi connectivity index (χ4n) is 4.22. The van der Waals surface area contributed by atoms with Crippen molar-refractivity contribution in [2.75, 3.05) is 0 Å². The Labute approximate surface area is 154 Å². The number of benzene rings is 3. The lowest BCUT2D eigenvalue weighted by atomic mass is 10.00. The summed E-state index contributed by atoms with van der Waals surface area (Å²) in [5, 5.41) is 5.42. The number of fused-ring (bicyclic) bond motifs is 6. The minimum Gasteiger partial charge on any atom is -0.354 e. The van der Waals surface area contributed by atoms with E-state index in [1.165, 1.54) is 59.2 Å². The summed E-state index contributed by atoms with van der Waals surface area (Å²) in [7, 11) is 0. The molecule has 0 saturated heterocycles. The summed E-state index contributed by atoms with van der Waals surface area (Å²) in [5.74, 6) is 0. The summed E-state index contributed by atoms with van der Waals surface area (Å²) in [4.78, 5) is 3.64. The van der Waals surface area contributed by atoms with E-state index >= 15 is 0 Å². The molecule has 0 unspecified atom stereocenters. The van der Waals surface area contributed by atoms with Crippen molar-refractivity contribution in [3.05, 3.63) is 70.4 Å². The molecule has 26 heavy (non-hydrogen) atoms. The van der Waals surface area contributed by atoms with Crippen LogP contribution < -0.4 is 9.75 Å². The highest BCUT2D eigenvalue weighted by molar-refractivity contribution is 7.17. The molecule has 0 atom stereocenters. The van der Waals surface area contributed by atoms with Crippen molar-refractivity contribution in [3.8, 4) is 11.1 Å². The number of hydrogen-bond donors (Lipinski definition) is 1. The minimum atomic E-state index is 1.15. The van der Waals surface area contributed by atoms with Crippen LogP contribution in [0.5, 0.6) is 0 Å². The Kier molecular flexibility index (Phi) is 2.94. The number of thiophene rings is 1. The van der Waals surface area contributed by atoms with E-state index in [0.717, 1.165) is 6.42 Å². The van der Waals surface area contributed by atoms with Gasteiger partial charge in [0.25, 0.3) is 0 Å². The highest BCUT2D eigenvalue weighted by Gasteiger charge is 2.11.